The Morgan fingerprint density at radius 3 is 2.47 bits per heavy atom. The number of hydrogen-bond acceptors (Lipinski definition) is 4. The summed E-state index contributed by atoms with van der Waals surface area (Å²) in [5, 5.41) is 9.34. The van der Waals surface area contributed by atoms with Gasteiger partial charge in [0.25, 0.3) is 0 Å². The quantitative estimate of drug-likeness (QED) is 0.491. The molecule has 5 nitrogen and oxygen atoms in total. The van der Waals surface area contributed by atoms with Gasteiger partial charge in [0.05, 0.1) is 0 Å². The molecule has 0 aromatic carbocycles. The lowest BCUT2D eigenvalue weighted by molar-refractivity contribution is -0.133. The van der Waals surface area contributed by atoms with E-state index in [1.165, 1.54) is 6.08 Å². The fourth-order valence-electron chi connectivity index (χ4n) is 6.32. The highest BCUT2D eigenvalue weighted by molar-refractivity contribution is 7.87. The molecular weight excluding hydrogens is 421 g/mol. The lowest BCUT2D eigenvalue weighted by Crippen LogP contribution is -2.49. The Hall–Kier alpha value is -1.77. The summed E-state index contributed by atoms with van der Waals surface area (Å²) in [6.45, 7) is 3.96. The van der Waals surface area contributed by atoms with Gasteiger partial charge in [0, 0.05) is 11.0 Å². The predicted molar refractivity (Wildman–Crippen MR) is 102 cm³/mol. The number of carboxylic acid groups (broad SMARTS) is 1. The second-order valence-corrected chi connectivity index (χ2v) is 10.9. The monoisotopic (exact) mass is 446 g/mol. The van der Waals surface area contributed by atoms with Crippen molar-refractivity contribution in [1.82, 2.24) is 0 Å². The van der Waals surface area contributed by atoms with Crippen LogP contribution in [0, 0.1) is 28.6 Å². The van der Waals surface area contributed by atoms with Crippen LogP contribution in [0.4, 0.5) is 13.2 Å². The number of alkyl halides is 3. The first-order valence-electron chi connectivity index (χ1n) is 10.2. The van der Waals surface area contributed by atoms with Crippen LogP contribution in [0.15, 0.2) is 35.1 Å². The van der Waals surface area contributed by atoms with E-state index >= 15 is 0 Å². The molecular formula is C21H25F3O5S. The summed E-state index contributed by atoms with van der Waals surface area (Å²) >= 11 is 0. The van der Waals surface area contributed by atoms with Crippen molar-refractivity contribution in [2.24, 2.45) is 28.6 Å². The van der Waals surface area contributed by atoms with E-state index in [-0.39, 0.29) is 28.9 Å². The Balaban J connectivity index is 1.62. The van der Waals surface area contributed by atoms with Crippen LogP contribution in [0.2, 0.25) is 0 Å². The van der Waals surface area contributed by atoms with Gasteiger partial charge in [0.15, 0.2) is 0 Å². The van der Waals surface area contributed by atoms with Gasteiger partial charge in [-0.3, -0.25) is 0 Å². The number of rotatable bonds is 3. The van der Waals surface area contributed by atoms with E-state index in [0.717, 1.165) is 18.4 Å². The zero-order chi connectivity index (χ0) is 22.1. The molecule has 9 heteroatoms. The van der Waals surface area contributed by atoms with Crippen molar-refractivity contribution in [2.45, 2.75) is 57.9 Å². The molecule has 0 saturated heterocycles. The van der Waals surface area contributed by atoms with Crippen molar-refractivity contribution in [3.63, 3.8) is 0 Å². The smallest absolute Gasteiger partial charge is 0.478 e. The Labute approximate surface area is 173 Å². The van der Waals surface area contributed by atoms with E-state index in [9.17, 15) is 31.5 Å². The largest absolute Gasteiger partial charge is 0.534 e. The number of fused-ring (bicyclic) bond motifs is 5. The fraction of sp³-hybridized carbons (Fsp3) is 0.667. The zero-order valence-electron chi connectivity index (χ0n) is 16.8. The molecule has 166 valence electrons. The Morgan fingerprint density at radius 1 is 1.13 bits per heavy atom. The van der Waals surface area contributed by atoms with Crippen LogP contribution < -0.4 is 0 Å². The minimum atomic E-state index is -5.69. The third-order valence-corrected chi connectivity index (χ3v) is 9.00. The maximum atomic E-state index is 12.8. The van der Waals surface area contributed by atoms with Gasteiger partial charge in [-0.25, -0.2) is 4.79 Å². The molecule has 0 aromatic heterocycles. The van der Waals surface area contributed by atoms with Crippen molar-refractivity contribution < 1.29 is 35.7 Å². The first-order valence-corrected chi connectivity index (χ1v) is 11.6. The van der Waals surface area contributed by atoms with Gasteiger partial charge in [-0.2, -0.15) is 21.6 Å². The average molecular weight is 446 g/mol. The minimum Gasteiger partial charge on any atom is -0.478 e. The molecule has 4 aliphatic carbocycles. The molecule has 0 aromatic rings. The van der Waals surface area contributed by atoms with Gasteiger partial charge in [-0.05, 0) is 79.4 Å². The van der Waals surface area contributed by atoms with Crippen LogP contribution in [0.25, 0.3) is 0 Å². The average Bonchev–Trinajstić information content (AvgIpc) is 2.96. The van der Waals surface area contributed by atoms with Gasteiger partial charge < -0.3 is 9.29 Å². The highest BCUT2D eigenvalue weighted by Crippen LogP contribution is 2.65. The summed E-state index contributed by atoms with van der Waals surface area (Å²) < 4.78 is 66.3. The van der Waals surface area contributed by atoms with Crippen molar-refractivity contribution >= 4 is 16.1 Å². The molecule has 0 bridgehead atoms. The number of carboxylic acids is 1. The minimum absolute atomic E-state index is 0.00541. The number of allylic oxidation sites excluding steroid dienone is 5. The molecule has 1 N–H and O–H groups in total. The maximum Gasteiger partial charge on any atom is 0.534 e. The second-order valence-electron chi connectivity index (χ2n) is 9.41. The molecule has 0 spiro atoms. The lowest BCUT2D eigenvalue weighted by Gasteiger charge is -2.56. The molecule has 1 fully saturated rings. The molecule has 0 unspecified atom stereocenters. The standard InChI is InChI=1S/C21H25F3O5S/c1-19-9-7-12(18(25)26)11-13(19)3-4-14-15-5-6-17(20(15,2)10-8-16(14)19)29-30(27,28)21(22,23)24/h3,6,11,14-16H,4-5,7-10H2,1-2H3,(H,25,26)/t14-,15-,16-,19-,20-/m0/s1. The van der Waals surface area contributed by atoms with Crippen LogP contribution in [0.5, 0.6) is 0 Å². The maximum absolute atomic E-state index is 12.8. The molecule has 5 atom stereocenters. The third kappa shape index (κ3) is 3.03. The second kappa shape index (κ2) is 6.61. The van der Waals surface area contributed by atoms with Crippen LogP contribution in [-0.2, 0) is 19.1 Å². The van der Waals surface area contributed by atoms with Crippen LogP contribution in [0.1, 0.15) is 52.4 Å². The van der Waals surface area contributed by atoms with Crippen molar-refractivity contribution in [3.8, 4) is 0 Å². The Kier molecular flexibility index (Phi) is 4.73. The lowest BCUT2D eigenvalue weighted by atomic mass is 9.48. The number of aliphatic carboxylic acids is 1. The van der Waals surface area contributed by atoms with Gasteiger partial charge in [0.1, 0.15) is 5.76 Å². The zero-order valence-corrected chi connectivity index (χ0v) is 17.6. The molecule has 4 aliphatic rings. The predicted octanol–water partition coefficient (Wildman–Crippen LogP) is 4.93. The summed E-state index contributed by atoms with van der Waals surface area (Å²) in [6, 6.07) is 0. The number of carbonyl (C=O) groups is 1. The molecule has 0 heterocycles. The molecule has 0 aliphatic heterocycles. The van der Waals surface area contributed by atoms with Gasteiger partial charge in [-0.15, -0.1) is 0 Å². The third-order valence-electron chi connectivity index (χ3n) is 8.04. The van der Waals surface area contributed by atoms with Crippen LogP contribution >= 0.6 is 0 Å². The van der Waals surface area contributed by atoms with Crippen molar-refractivity contribution in [2.75, 3.05) is 0 Å². The van der Waals surface area contributed by atoms with Crippen LogP contribution in [-0.4, -0.2) is 25.0 Å². The van der Waals surface area contributed by atoms with Gasteiger partial charge >= 0.3 is 21.6 Å². The van der Waals surface area contributed by atoms with E-state index in [4.69, 9.17) is 0 Å². The summed E-state index contributed by atoms with van der Waals surface area (Å²) in [6.07, 6.45) is 9.04. The molecule has 0 amide bonds. The van der Waals surface area contributed by atoms with Crippen molar-refractivity contribution in [1.29, 1.82) is 0 Å². The molecule has 0 radical (unpaired) electrons. The van der Waals surface area contributed by atoms with E-state index in [0.29, 0.717) is 31.3 Å². The highest BCUT2D eigenvalue weighted by Gasteiger charge is 2.59. The first kappa shape index (κ1) is 21.5. The number of halogens is 3. The van der Waals surface area contributed by atoms with E-state index < -0.39 is 27.0 Å². The van der Waals surface area contributed by atoms with E-state index in [1.54, 1.807) is 6.08 Å². The van der Waals surface area contributed by atoms with Crippen molar-refractivity contribution in [3.05, 3.63) is 35.1 Å². The van der Waals surface area contributed by atoms with Crippen LogP contribution in [0.3, 0.4) is 0 Å². The summed E-state index contributed by atoms with van der Waals surface area (Å²) in [5.74, 6) is -0.532. The summed E-state index contributed by atoms with van der Waals surface area (Å²) in [4.78, 5) is 11.4. The SMILES string of the molecule is C[C@]12CCC(C(=O)O)=CC1=CC[C@@H]1[C@@H]2CC[C@]2(C)C(OS(=O)(=O)C(F)(F)F)=CC[C@@H]12. The number of hydrogen-bond donors (Lipinski definition) is 1. The van der Waals surface area contributed by atoms with E-state index in [1.807, 2.05) is 6.92 Å². The summed E-state index contributed by atoms with van der Waals surface area (Å²) in [7, 11) is -5.69. The van der Waals surface area contributed by atoms with Gasteiger partial charge in [0.2, 0.25) is 0 Å². The first-order chi connectivity index (χ1) is 13.8. The fourth-order valence-corrected chi connectivity index (χ4v) is 6.91. The normalized spacial score (nSPS) is 38.4. The highest BCUT2D eigenvalue weighted by atomic mass is 32.2. The summed E-state index contributed by atoms with van der Waals surface area (Å²) in [5.41, 5.74) is -4.93. The van der Waals surface area contributed by atoms with Gasteiger partial charge in [-0.1, -0.05) is 19.9 Å². The van der Waals surface area contributed by atoms with E-state index in [2.05, 4.69) is 17.2 Å². The molecule has 30 heavy (non-hydrogen) atoms. The Bertz CT molecular complexity index is 977. The molecule has 1 saturated carbocycles. The topological polar surface area (TPSA) is 80.7 Å². The Morgan fingerprint density at radius 2 is 1.83 bits per heavy atom. The molecule has 4 rings (SSSR count).